The van der Waals surface area contributed by atoms with Crippen molar-refractivity contribution < 1.29 is 4.74 Å². The van der Waals surface area contributed by atoms with Gasteiger partial charge in [0, 0.05) is 26.0 Å². The van der Waals surface area contributed by atoms with E-state index < -0.39 is 0 Å². The number of rotatable bonds is 4. The number of hydrogen-bond acceptors (Lipinski definition) is 3. The first-order valence-corrected chi connectivity index (χ1v) is 6.16. The van der Waals surface area contributed by atoms with E-state index in [-0.39, 0.29) is 0 Å². The molecule has 0 unspecified atom stereocenters. The van der Waals surface area contributed by atoms with Gasteiger partial charge in [-0.15, -0.1) is 0 Å². The van der Waals surface area contributed by atoms with Crippen LogP contribution in [0.1, 0.15) is 5.56 Å². The van der Waals surface area contributed by atoms with Gasteiger partial charge in [0.15, 0.2) is 0 Å². The van der Waals surface area contributed by atoms with Crippen LogP contribution in [0.5, 0.6) is 5.75 Å². The van der Waals surface area contributed by atoms with Gasteiger partial charge in [-0.05, 0) is 24.3 Å². The van der Waals surface area contributed by atoms with E-state index in [1.807, 2.05) is 62.8 Å². The van der Waals surface area contributed by atoms with Crippen molar-refractivity contribution in [2.24, 2.45) is 4.99 Å². The molecule has 0 spiro atoms. The quantitative estimate of drug-likeness (QED) is 0.780. The average Bonchev–Trinajstić information content (AvgIpc) is 2.45. The summed E-state index contributed by atoms with van der Waals surface area (Å²) in [7, 11) is 5.69. The Morgan fingerprint density at radius 1 is 1.00 bits per heavy atom. The summed E-state index contributed by atoms with van der Waals surface area (Å²) >= 11 is 0. The first kappa shape index (κ1) is 13.1. The maximum atomic E-state index is 5.41. The molecular formula is C16H18N2O. The predicted molar refractivity (Wildman–Crippen MR) is 81.0 cm³/mol. The van der Waals surface area contributed by atoms with Crippen LogP contribution in [-0.2, 0) is 0 Å². The van der Waals surface area contributed by atoms with Crippen LogP contribution in [0.15, 0.2) is 53.5 Å². The van der Waals surface area contributed by atoms with Gasteiger partial charge in [0.25, 0.3) is 0 Å². The minimum Gasteiger partial charge on any atom is -0.496 e. The number of para-hydroxylation sites is 1. The smallest absolute Gasteiger partial charge is 0.129 e. The van der Waals surface area contributed by atoms with Gasteiger partial charge in [-0.1, -0.05) is 24.3 Å². The third-order valence-corrected chi connectivity index (χ3v) is 2.84. The molecule has 0 N–H and O–H groups in total. The highest BCUT2D eigenvalue weighted by molar-refractivity contribution is 5.92. The van der Waals surface area contributed by atoms with Crippen molar-refractivity contribution in [1.82, 2.24) is 0 Å². The minimum absolute atomic E-state index is 0.825. The number of benzene rings is 2. The van der Waals surface area contributed by atoms with Crippen LogP contribution in [-0.4, -0.2) is 27.4 Å². The summed E-state index contributed by atoms with van der Waals surface area (Å²) in [5.41, 5.74) is 3.00. The molecule has 0 atom stereocenters. The Bertz CT molecular complexity index is 562. The second-order valence-corrected chi connectivity index (χ2v) is 4.38. The zero-order chi connectivity index (χ0) is 13.7. The second-order valence-electron chi connectivity index (χ2n) is 4.38. The Morgan fingerprint density at radius 2 is 1.74 bits per heavy atom. The normalized spacial score (nSPS) is 10.7. The molecule has 2 aromatic carbocycles. The van der Waals surface area contributed by atoms with Gasteiger partial charge < -0.3 is 9.64 Å². The molecule has 0 saturated heterocycles. The summed E-state index contributed by atoms with van der Waals surface area (Å²) < 4.78 is 5.41. The third-order valence-electron chi connectivity index (χ3n) is 2.84. The first-order valence-electron chi connectivity index (χ1n) is 6.16. The molecule has 2 rings (SSSR count). The van der Waals surface area contributed by atoms with E-state index in [4.69, 9.17) is 4.74 Å². The van der Waals surface area contributed by atoms with Crippen LogP contribution in [0.2, 0.25) is 0 Å². The van der Waals surface area contributed by atoms with Gasteiger partial charge in [0.05, 0.1) is 18.4 Å². The highest BCUT2D eigenvalue weighted by Crippen LogP contribution is 2.27. The zero-order valence-corrected chi connectivity index (χ0v) is 11.5. The number of aliphatic imine (C=N–C) groups is 1. The molecule has 98 valence electrons. The summed E-state index contributed by atoms with van der Waals surface area (Å²) in [6.07, 6.45) is 1.85. The molecule has 0 heterocycles. The summed E-state index contributed by atoms with van der Waals surface area (Å²) in [6, 6.07) is 15.8. The molecular weight excluding hydrogens is 236 g/mol. The van der Waals surface area contributed by atoms with Crippen molar-refractivity contribution in [3.05, 3.63) is 54.1 Å². The molecule has 0 saturated carbocycles. The van der Waals surface area contributed by atoms with E-state index in [9.17, 15) is 0 Å². The predicted octanol–water partition coefficient (Wildman–Crippen LogP) is 3.51. The summed E-state index contributed by atoms with van der Waals surface area (Å²) in [6.45, 7) is 0. The highest BCUT2D eigenvalue weighted by atomic mass is 16.5. The Hall–Kier alpha value is -2.29. The molecule has 0 bridgehead atoms. The van der Waals surface area contributed by atoms with Crippen LogP contribution < -0.4 is 9.64 Å². The zero-order valence-electron chi connectivity index (χ0n) is 11.5. The lowest BCUT2D eigenvalue weighted by Crippen LogP contribution is -2.11. The SMILES string of the molecule is COc1cccc(N(C)C)c1C=Nc1ccccc1. The third kappa shape index (κ3) is 3.13. The van der Waals surface area contributed by atoms with E-state index >= 15 is 0 Å². The van der Waals surface area contributed by atoms with Crippen LogP contribution in [0.25, 0.3) is 0 Å². The van der Waals surface area contributed by atoms with Crippen molar-refractivity contribution in [1.29, 1.82) is 0 Å². The molecule has 2 aromatic rings. The lowest BCUT2D eigenvalue weighted by molar-refractivity contribution is 0.414. The number of methoxy groups -OCH3 is 1. The van der Waals surface area contributed by atoms with Crippen LogP contribution in [0.4, 0.5) is 11.4 Å². The maximum Gasteiger partial charge on any atom is 0.129 e. The fraction of sp³-hybridized carbons (Fsp3) is 0.188. The number of anilines is 1. The van der Waals surface area contributed by atoms with Crippen LogP contribution >= 0.6 is 0 Å². The fourth-order valence-corrected chi connectivity index (χ4v) is 1.88. The van der Waals surface area contributed by atoms with E-state index in [1.54, 1.807) is 7.11 Å². The summed E-state index contributed by atoms with van der Waals surface area (Å²) in [4.78, 5) is 6.55. The van der Waals surface area contributed by atoms with E-state index in [0.717, 1.165) is 22.7 Å². The molecule has 0 radical (unpaired) electrons. The number of ether oxygens (including phenoxy) is 1. The van der Waals surface area contributed by atoms with Crippen LogP contribution in [0, 0.1) is 0 Å². The molecule has 0 aliphatic heterocycles. The molecule has 0 aromatic heterocycles. The molecule has 3 heteroatoms. The van der Waals surface area contributed by atoms with Gasteiger partial charge in [-0.2, -0.15) is 0 Å². The second kappa shape index (κ2) is 6.05. The molecule has 0 fully saturated rings. The molecule has 0 amide bonds. The Balaban J connectivity index is 2.40. The molecule has 19 heavy (non-hydrogen) atoms. The van der Waals surface area contributed by atoms with E-state index in [0.29, 0.717) is 0 Å². The first-order chi connectivity index (χ1) is 9.22. The number of nitrogens with zero attached hydrogens (tertiary/aromatic N) is 2. The van der Waals surface area contributed by atoms with Crippen molar-refractivity contribution >= 4 is 17.6 Å². The monoisotopic (exact) mass is 254 g/mol. The van der Waals surface area contributed by atoms with E-state index in [1.165, 1.54) is 0 Å². The molecule has 3 nitrogen and oxygen atoms in total. The number of hydrogen-bond donors (Lipinski definition) is 0. The van der Waals surface area contributed by atoms with Gasteiger partial charge in [-0.25, -0.2) is 0 Å². The van der Waals surface area contributed by atoms with Gasteiger partial charge in [0.2, 0.25) is 0 Å². The minimum atomic E-state index is 0.825. The van der Waals surface area contributed by atoms with Gasteiger partial charge in [0.1, 0.15) is 5.75 Å². The Kier molecular flexibility index (Phi) is 4.18. The van der Waals surface area contributed by atoms with E-state index in [2.05, 4.69) is 16.0 Å². The Morgan fingerprint density at radius 3 is 2.37 bits per heavy atom. The van der Waals surface area contributed by atoms with Crippen molar-refractivity contribution in [3.63, 3.8) is 0 Å². The molecule has 0 aliphatic rings. The fourth-order valence-electron chi connectivity index (χ4n) is 1.88. The van der Waals surface area contributed by atoms with Crippen molar-refractivity contribution in [2.75, 3.05) is 26.1 Å². The lowest BCUT2D eigenvalue weighted by atomic mass is 10.1. The van der Waals surface area contributed by atoms with Crippen molar-refractivity contribution in [3.8, 4) is 5.75 Å². The Labute approximate surface area is 114 Å². The van der Waals surface area contributed by atoms with Crippen LogP contribution in [0.3, 0.4) is 0 Å². The summed E-state index contributed by atoms with van der Waals surface area (Å²) in [5.74, 6) is 0.825. The van der Waals surface area contributed by atoms with Crippen molar-refractivity contribution in [2.45, 2.75) is 0 Å². The topological polar surface area (TPSA) is 24.8 Å². The summed E-state index contributed by atoms with van der Waals surface area (Å²) in [5, 5.41) is 0. The standard InChI is InChI=1S/C16H18N2O/c1-18(2)15-10-7-11-16(19-3)14(15)12-17-13-8-5-4-6-9-13/h4-12H,1-3H3. The lowest BCUT2D eigenvalue weighted by Gasteiger charge is -2.17. The maximum absolute atomic E-state index is 5.41. The highest BCUT2D eigenvalue weighted by Gasteiger charge is 2.08. The molecule has 0 aliphatic carbocycles. The van der Waals surface area contributed by atoms with Gasteiger partial charge >= 0.3 is 0 Å². The van der Waals surface area contributed by atoms with Gasteiger partial charge in [-0.3, -0.25) is 4.99 Å². The average molecular weight is 254 g/mol. The largest absolute Gasteiger partial charge is 0.496 e.